The number of benzene rings is 3. The average Bonchev–Trinajstić information content (AvgIpc) is 2.81. The molecule has 190 valence electrons. The molecule has 0 bridgehead atoms. The Morgan fingerprint density at radius 1 is 0.583 bits per heavy atom. The predicted molar refractivity (Wildman–Crippen MR) is 133 cm³/mol. The minimum absolute atomic E-state index is 0.0373. The second kappa shape index (κ2) is 10.4. The highest BCUT2D eigenvalue weighted by molar-refractivity contribution is 7.93. The molecule has 0 unspecified atom stereocenters. The minimum Gasteiger partial charge on any atom is -0.480 e. The molecular weight excluding hydrogens is 508 g/mol. The number of anilines is 2. The van der Waals surface area contributed by atoms with Gasteiger partial charge in [-0.3, -0.25) is 18.2 Å². The standard InChI is InChI=1S/C24H24N2O8S2/c1-17-3-11-21(12-4-17)35(31,32)25(15-23(27)28)19-7-9-20(10-8-19)26(16-24(29)30)36(33,34)22-13-5-18(2)6-14-22/h3-14H,15-16H2,1-2H3,(H,27,28)(H,29,30). The maximum atomic E-state index is 13.2. The van der Waals surface area contributed by atoms with E-state index in [-0.39, 0.29) is 21.2 Å². The quantitative estimate of drug-likeness (QED) is 0.405. The van der Waals surface area contributed by atoms with E-state index in [1.807, 2.05) is 0 Å². The summed E-state index contributed by atoms with van der Waals surface area (Å²) in [5, 5.41) is 18.7. The maximum absolute atomic E-state index is 13.2. The van der Waals surface area contributed by atoms with Gasteiger partial charge in [0.25, 0.3) is 20.0 Å². The number of aliphatic carboxylic acids is 2. The van der Waals surface area contributed by atoms with Crippen LogP contribution in [0, 0.1) is 13.8 Å². The van der Waals surface area contributed by atoms with Gasteiger partial charge in [0.1, 0.15) is 13.1 Å². The Hall–Kier alpha value is -3.90. The van der Waals surface area contributed by atoms with Crippen LogP contribution < -0.4 is 8.61 Å². The number of sulfonamides is 2. The fourth-order valence-electron chi connectivity index (χ4n) is 3.34. The van der Waals surface area contributed by atoms with Crippen molar-refractivity contribution in [1.29, 1.82) is 0 Å². The van der Waals surface area contributed by atoms with Gasteiger partial charge in [-0.1, -0.05) is 35.4 Å². The average molecular weight is 533 g/mol. The van der Waals surface area contributed by atoms with E-state index in [0.717, 1.165) is 11.1 Å². The van der Waals surface area contributed by atoms with Crippen molar-refractivity contribution >= 4 is 43.4 Å². The topological polar surface area (TPSA) is 149 Å². The first-order valence-corrected chi connectivity index (χ1v) is 13.4. The van der Waals surface area contributed by atoms with Crippen LogP contribution in [0.3, 0.4) is 0 Å². The molecule has 0 atom stereocenters. The first kappa shape index (κ1) is 26.7. The molecule has 0 aromatic heterocycles. The molecule has 0 heterocycles. The van der Waals surface area contributed by atoms with Crippen molar-refractivity contribution in [2.45, 2.75) is 23.6 Å². The Kier molecular flexibility index (Phi) is 7.70. The van der Waals surface area contributed by atoms with E-state index in [2.05, 4.69) is 0 Å². The van der Waals surface area contributed by atoms with E-state index in [4.69, 9.17) is 0 Å². The van der Waals surface area contributed by atoms with Gasteiger partial charge in [-0.15, -0.1) is 0 Å². The lowest BCUT2D eigenvalue weighted by atomic mass is 10.2. The lowest BCUT2D eigenvalue weighted by molar-refractivity contribution is -0.136. The lowest BCUT2D eigenvalue weighted by Crippen LogP contribution is -2.36. The zero-order valence-electron chi connectivity index (χ0n) is 19.4. The Bertz CT molecular complexity index is 1350. The van der Waals surface area contributed by atoms with Gasteiger partial charge in [-0.25, -0.2) is 16.8 Å². The van der Waals surface area contributed by atoms with E-state index in [1.165, 1.54) is 48.5 Å². The van der Waals surface area contributed by atoms with Gasteiger partial charge in [0.15, 0.2) is 0 Å². The SMILES string of the molecule is Cc1ccc(S(=O)(=O)N(CC(=O)O)c2ccc(N(CC(=O)O)S(=O)(=O)c3ccc(C)cc3)cc2)cc1. The summed E-state index contributed by atoms with van der Waals surface area (Å²) >= 11 is 0. The molecule has 3 aromatic carbocycles. The maximum Gasteiger partial charge on any atom is 0.324 e. The smallest absolute Gasteiger partial charge is 0.324 e. The van der Waals surface area contributed by atoms with Gasteiger partial charge in [0.2, 0.25) is 0 Å². The fourth-order valence-corrected chi connectivity index (χ4v) is 6.16. The van der Waals surface area contributed by atoms with Gasteiger partial charge < -0.3 is 10.2 Å². The molecule has 36 heavy (non-hydrogen) atoms. The van der Waals surface area contributed by atoms with Crippen molar-refractivity contribution in [2.24, 2.45) is 0 Å². The molecule has 3 aromatic rings. The Morgan fingerprint density at radius 2 is 0.861 bits per heavy atom. The third-order valence-electron chi connectivity index (χ3n) is 5.20. The molecule has 0 saturated heterocycles. The second-order valence-electron chi connectivity index (χ2n) is 7.95. The van der Waals surface area contributed by atoms with E-state index < -0.39 is 45.1 Å². The van der Waals surface area contributed by atoms with Crippen molar-refractivity contribution < 1.29 is 36.6 Å². The summed E-state index contributed by atoms with van der Waals surface area (Å²) in [7, 11) is -8.53. The first-order chi connectivity index (χ1) is 16.8. The summed E-state index contributed by atoms with van der Waals surface area (Å²) in [6.45, 7) is 1.79. The highest BCUT2D eigenvalue weighted by atomic mass is 32.2. The van der Waals surface area contributed by atoms with Gasteiger partial charge in [-0.05, 0) is 62.4 Å². The number of carboxylic acids is 2. The highest BCUT2D eigenvalue weighted by Crippen LogP contribution is 2.29. The van der Waals surface area contributed by atoms with Crippen LogP contribution in [0.5, 0.6) is 0 Å². The van der Waals surface area contributed by atoms with Crippen molar-refractivity contribution in [3.8, 4) is 0 Å². The summed E-state index contributed by atoms with van der Waals surface area (Å²) in [4.78, 5) is 22.7. The number of nitrogens with zero attached hydrogens (tertiary/aromatic N) is 2. The van der Waals surface area contributed by atoms with Crippen LogP contribution in [-0.4, -0.2) is 52.1 Å². The van der Waals surface area contributed by atoms with Gasteiger partial charge >= 0.3 is 11.9 Å². The molecule has 3 rings (SSSR count). The molecule has 0 amide bonds. The van der Waals surface area contributed by atoms with Crippen LogP contribution in [-0.2, 0) is 29.6 Å². The molecule has 0 aliphatic carbocycles. The van der Waals surface area contributed by atoms with Crippen molar-refractivity contribution in [3.05, 3.63) is 83.9 Å². The molecule has 0 spiro atoms. The van der Waals surface area contributed by atoms with E-state index in [0.29, 0.717) is 8.61 Å². The number of carbonyl (C=O) groups is 2. The predicted octanol–water partition coefficient (Wildman–Crippen LogP) is 2.86. The summed E-state index contributed by atoms with van der Waals surface area (Å²) in [6.07, 6.45) is 0. The third kappa shape index (κ3) is 5.83. The largest absolute Gasteiger partial charge is 0.480 e. The van der Waals surface area contributed by atoms with Gasteiger partial charge in [0.05, 0.1) is 21.2 Å². The third-order valence-corrected chi connectivity index (χ3v) is 8.78. The fraction of sp³-hybridized carbons (Fsp3) is 0.167. The zero-order valence-corrected chi connectivity index (χ0v) is 21.0. The number of hydrogen-bond acceptors (Lipinski definition) is 6. The van der Waals surface area contributed by atoms with Crippen LogP contribution >= 0.6 is 0 Å². The highest BCUT2D eigenvalue weighted by Gasteiger charge is 2.29. The van der Waals surface area contributed by atoms with Crippen LogP contribution in [0.2, 0.25) is 0 Å². The number of aryl methyl sites for hydroxylation is 2. The van der Waals surface area contributed by atoms with Gasteiger partial charge in [0, 0.05) is 0 Å². The summed E-state index contributed by atoms with van der Waals surface area (Å²) < 4.78 is 54.1. The Balaban J connectivity index is 2.04. The van der Waals surface area contributed by atoms with Crippen molar-refractivity contribution in [1.82, 2.24) is 0 Å². The molecule has 0 fully saturated rings. The van der Waals surface area contributed by atoms with Crippen molar-refractivity contribution in [3.63, 3.8) is 0 Å². The summed E-state index contributed by atoms with van der Waals surface area (Å²) in [5.74, 6) is -2.80. The summed E-state index contributed by atoms with van der Waals surface area (Å²) in [6, 6.07) is 16.6. The van der Waals surface area contributed by atoms with Crippen LogP contribution in [0.1, 0.15) is 11.1 Å². The molecule has 2 N–H and O–H groups in total. The second-order valence-corrected chi connectivity index (χ2v) is 11.7. The number of hydrogen-bond donors (Lipinski definition) is 2. The molecule has 12 heteroatoms. The molecule has 0 saturated carbocycles. The first-order valence-electron chi connectivity index (χ1n) is 10.5. The Labute approximate surface area is 209 Å². The Morgan fingerprint density at radius 3 is 1.11 bits per heavy atom. The monoisotopic (exact) mass is 532 g/mol. The molecular formula is C24H24N2O8S2. The van der Waals surface area contributed by atoms with Crippen LogP contribution in [0.4, 0.5) is 11.4 Å². The molecule has 0 aliphatic heterocycles. The van der Waals surface area contributed by atoms with E-state index >= 15 is 0 Å². The van der Waals surface area contributed by atoms with Crippen molar-refractivity contribution in [2.75, 3.05) is 21.7 Å². The molecule has 0 aliphatic rings. The van der Waals surface area contributed by atoms with E-state index in [1.54, 1.807) is 38.1 Å². The zero-order chi connectivity index (χ0) is 26.7. The van der Waals surface area contributed by atoms with E-state index in [9.17, 15) is 36.6 Å². The molecule has 0 radical (unpaired) electrons. The van der Waals surface area contributed by atoms with Crippen LogP contribution in [0.25, 0.3) is 0 Å². The minimum atomic E-state index is -4.27. The number of carboxylic acid groups (broad SMARTS) is 2. The van der Waals surface area contributed by atoms with Gasteiger partial charge in [-0.2, -0.15) is 0 Å². The van der Waals surface area contributed by atoms with Crippen LogP contribution in [0.15, 0.2) is 82.6 Å². The summed E-state index contributed by atoms with van der Waals surface area (Å²) in [5.41, 5.74) is 1.56. The lowest BCUT2D eigenvalue weighted by Gasteiger charge is -2.25. The molecule has 10 nitrogen and oxygen atoms in total. The number of rotatable bonds is 10. The normalized spacial score (nSPS) is 11.6.